The standard InChI is InChI=1S/C7H9N3O/c1-10-4-2-7(3-5-10)6-8-9-11/h2-6H,1H3,(H,8,11). The van der Waals surface area contributed by atoms with Crippen LogP contribution < -0.4 is 5.43 Å². The van der Waals surface area contributed by atoms with Crippen molar-refractivity contribution in [1.29, 1.82) is 0 Å². The van der Waals surface area contributed by atoms with Gasteiger partial charge in [0.1, 0.15) is 0 Å². The van der Waals surface area contributed by atoms with Crippen molar-refractivity contribution in [3.05, 3.63) is 41.2 Å². The predicted octanol–water partition coefficient (Wildman–Crippen LogP) is 1.11. The zero-order chi connectivity index (χ0) is 8.10. The molecule has 0 aromatic rings. The molecule has 1 heterocycles. The van der Waals surface area contributed by atoms with Crippen LogP contribution in [0.3, 0.4) is 0 Å². The van der Waals surface area contributed by atoms with Crippen LogP contribution in [0.2, 0.25) is 0 Å². The van der Waals surface area contributed by atoms with Crippen LogP contribution in [0.25, 0.3) is 0 Å². The zero-order valence-corrected chi connectivity index (χ0v) is 6.19. The largest absolute Gasteiger partial charge is 0.357 e. The quantitative estimate of drug-likeness (QED) is 0.475. The third-order valence-corrected chi connectivity index (χ3v) is 1.29. The predicted molar refractivity (Wildman–Crippen MR) is 43.1 cm³/mol. The summed E-state index contributed by atoms with van der Waals surface area (Å²) in [7, 11) is 1.93. The van der Waals surface area contributed by atoms with E-state index < -0.39 is 0 Å². The molecular formula is C7H9N3O. The molecule has 1 aliphatic rings. The lowest BCUT2D eigenvalue weighted by Gasteiger charge is -2.11. The first-order valence-electron chi connectivity index (χ1n) is 3.19. The SMILES string of the molecule is CN1C=CC(=CNN=O)C=C1. The van der Waals surface area contributed by atoms with Gasteiger partial charge < -0.3 is 4.90 Å². The van der Waals surface area contributed by atoms with E-state index in [2.05, 4.69) is 10.7 Å². The molecule has 0 saturated heterocycles. The Hall–Kier alpha value is -1.58. The average molecular weight is 151 g/mol. The van der Waals surface area contributed by atoms with E-state index in [1.54, 1.807) is 0 Å². The lowest BCUT2D eigenvalue weighted by Crippen LogP contribution is -2.04. The summed E-state index contributed by atoms with van der Waals surface area (Å²) in [6.07, 6.45) is 9.06. The molecule has 0 atom stereocenters. The second-order valence-electron chi connectivity index (χ2n) is 2.16. The molecule has 0 radical (unpaired) electrons. The Bertz CT molecular complexity index is 214. The molecule has 1 N–H and O–H groups in total. The van der Waals surface area contributed by atoms with Crippen molar-refractivity contribution in [2.24, 2.45) is 5.29 Å². The molecule has 0 spiro atoms. The highest BCUT2D eigenvalue weighted by molar-refractivity contribution is 5.32. The van der Waals surface area contributed by atoms with E-state index in [0.29, 0.717) is 0 Å². The van der Waals surface area contributed by atoms with Gasteiger partial charge in [-0.25, -0.2) is 5.43 Å². The highest BCUT2D eigenvalue weighted by Crippen LogP contribution is 2.05. The van der Waals surface area contributed by atoms with E-state index in [9.17, 15) is 4.91 Å². The molecule has 0 amide bonds. The van der Waals surface area contributed by atoms with Gasteiger partial charge in [-0.2, -0.15) is 0 Å². The fourth-order valence-electron chi connectivity index (χ4n) is 0.710. The van der Waals surface area contributed by atoms with Crippen molar-refractivity contribution in [3.63, 3.8) is 0 Å². The number of nitrogens with one attached hydrogen (secondary N) is 1. The van der Waals surface area contributed by atoms with Gasteiger partial charge in [-0.1, -0.05) is 0 Å². The lowest BCUT2D eigenvalue weighted by molar-refractivity contribution is 0.619. The van der Waals surface area contributed by atoms with Crippen LogP contribution in [0.4, 0.5) is 0 Å². The smallest absolute Gasteiger partial charge is 0.0540 e. The Morgan fingerprint density at radius 1 is 1.55 bits per heavy atom. The first-order valence-corrected chi connectivity index (χ1v) is 3.19. The Balaban J connectivity index is 2.57. The van der Waals surface area contributed by atoms with Gasteiger partial charge in [0.05, 0.1) is 5.29 Å². The minimum absolute atomic E-state index is 0.919. The molecule has 11 heavy (non-hydrogen) atoms. The Morgan fingerprint density at radius 3 is 2.73 bits per heavy atom. The average Bonchev–Trinajstić information content (AvgIpc) is 2.04. The number of nitrogens with zero attached hydrogens (tertiary/aromatic N) is 2. The van der Waals surface area contributed by atoms with E-state index in [4.69, 9.17) is 0 Å². The van der Waals surface area contributed by atoms with Crippen LogP contribution in [-0.2, 0) is 0 Å². The first-order chi connectivity index (χ1) is 5.33. The number of rotatable bonds is 2. The molecule has 1 aliphatic heterocycles. The van der Waals surface area contributed by atoms with Gasteiger partial charge in [-0.05, 0) is 17.7 Å². The molecule has 4 heteroatoms. The van der Waals surface area contributed by atoms with Crippen LogP contribution in [-0.4, -0.2) is 11.9 Å². The van der Waals surface area contributed by atoms with Crippen LogP contribution >= 0.6 is 0 Å². The highest BCUT2D eigenvalue weighted by atomic mass is 16.3. The molecule has 0 bridgehead atoms. The van der Waals surface area contributed by atoms with Gasteiger partial charge in [0.25, 0.3) is 0 Å². The number of allylic oxidation sites excluding steroid dienone is 3. The Labute approximate surface area is 64.8 Å². The second kappa shape index (κ2) is 3.55. The maximum Gasteiger partial charge on any atom is 0.0540 e. The van der Waals surface area contributed by atoms with E-state index >= 15 is 0 Å². The zero-order valence-electron chi connectivity index (χ0n) is 6.19. The van der Waals surface area contributed by atoms with Crippen LogP contribution in [0.1, 0.15) is 0 Å². The van der Waals surface area contributed by atoms with Gasteiger partial charge in [-0.15, -0.1) is 4.91 Å². The fourth-order valence-corrected chi connectivity index (χ4v) is 0.710. The van der Waals surface area contributed by atoms with Crippen LogP contribution in [0, 0.1) is 4.91 Å². The summed E-state index contributed by atoms with van der Waals surface area (Å²) in [6, 6.07) is 0. The molecule has 0 saturated carbocycles. The van der Waals surface area contributed by atoms with Crippen LogP contribution in [0.5, 0.6) is 0 Å². The fraction of sp³-hybridized carbons (Fsp3) is 0.143. The van der Waals surface area contributed by atoms with E-state index in [1.807, 2.05) is 36.5 Å². The molecule has 0 fully saturated rings. The Kier molecular flexibility index (Phi) is 2.43. The summed E-state index contributed by atoms with van der Waals surface area (Å²) in [5.41, 5.74) is 3.14. The van der Waals surface area contributed by atoms with Crippen LogP contribution in [0.15, 0.2) is 41.6 Å². The number of hydrogen-bond donors (Lipinski definition) is 1. The third-order valence-electron chi connectivity index (χ3n) is 1.29. The van der Waals surface area contributed by atoms with Gasteiger partial charge in [0.15, 0.2) is 0 Å². The third kappa shape index (κ3) is 2.25. The maximum absolute atomic E-state index is 9.65. The molecular weight excluding hydrogens is 142 g/mol. The minimum atomic E-state index is 0.919. The van der Waals surface area contributed by atoms with Gasteiger partial charge in [0, 0.05) is 25.6 Å². The summed E-state index contributed by atoms with van der Waals surface area (Å²) in [5.74, 6) is 0. The topological polar surface area (TPSA) is 44.7 Å². The van der Waals surface area contributed by atoms with E-state index in [-0.39, 0.29) is 0 Å². The molecule has 0 unspecified atom stereocenters. The highest BCUT2D eigenvalue weighted by Gasteiger charge is 1.93. The summed E-state index contributed by atoms with van der Waals surface area (Å²) in [6.45, 7) is 0. The minimum Gasteiger partial charge on any atom is -0.357 e. The lowest BCUT2D eigenvalue weighted by atomic mass is 10.2. The molecule has 0 aromatic heterocycles. The van der Waals surface area contributed by atoms with Crippen molar-refractivity contribution in [2.75, 3.05) is 7.05 Å². The van der Waals surface area contributed by atoms with Crippen molar-refractivity contribution < 1.29 is 0 Å². The van der Waals surface area contributed by atoms with Gasteiger partial charge in [-0.3, -0.25) is 0 Å². The monoisotopic (exact) mass is 151 g/mol. The number of nitroso groups, excluding NO2 is 1. The number of hydrogen-bond acceptors (Lipinski definition) is 3. The maximum atomic E-state index is 9.65. The molecule has 4 nitrogen and oxygen atoms in total. The normalized spacial score (nSPS) is 15.0. The van der Waals surface area contributed by atoms with Crippen molar-refractivity contribution in [1.82, 2.24) is 10.3 Å². The first kappa shape index (κ1) is 7.53. The Morgan fingerprint density at radius 2 is 2.18 bits per heavy atom. The van der Waals surface area contributed by atoms with Gasteiger partial charge in [0.2, 0.25) is 0 Å². The molecule has 0 aromatic carbocycles. The van der Waals surface area contributed by atoms with E-state index in [1.165, 1.54) is 6.20 Å². The van der Waals surface area contributed by atoms with Crippen molar-refractivity contribution in [2.45, 2.75) is 0 Å². The molecule has 0 aliphatic carbocycles. The summed E-state index contributed by atoms with van der Waals surface area (Å²) in [4.78, 5) is 11.6. The van der Waals surface area contributed by atoms with Crippen molar-refractivity contribution in [3.8, 4) is 0 Å². The molecule has 1 rings (SSSR count). The van der Waals surface area contributed by atoms with Crippen molar-refractivity contribution >= 4 is 0 Å². The molecule has 58 valence electrons. The summed E-state index contributed by atoms with van der Waals surface area (Å²) in [5, 5.41) is 2.49. The summed E-state index contributed by atoms with van der Waals surface area (Å²) < 4.78 is 0. The van der Waals surface area contributed by atoms with Gasteiger partial charge >= 0.3 is 0 Å². The second-order valence-corrected chi connectivity index (χ2v) is 2.16. The van der Waals surface area contributed by atoms with E-state index in [0.717, 1.165) is 5.57 Å². The summed E-state index contributed by atoms with van der Waals surface area (Å²) >= 11 is 0.